The van der Waals surface area contributed by atoms with Crippen LogP contribution in [-0.4, -0.2) is 31.1 Å². The zero-order valence-electron chi connectivity index (χ0n) is 8.17. The van der Waals surface area contributed by atoms with Crippen molar-refractivity contribution < 1.29 is 9.90 Å². The van der Waals surface area contributed by atoms with E-state index in [4.69, 9.17) is 5.11 Å². The summed E-state index contributed by atoms with van der Waals surface area (Å²) >= 11 is 1.57. The number of hydrogen-bond donors (Lipinski definition) is 1. The minimum Gasteiger partial charge on any atom is -0.481 e. The van der Waals surface area contributed by atoms with Gasteiger partial charge in [-0.15, -0.1) is 10.2 Å². The second-order valence-corrected chi connectivity index (χ2v) is 4.50. The van der Waals surface area contributed by atoms with Crippen LogP contribution in [0.15, 0.2) is 6.33 Å². The lowest BCUT2D eigenvalue weighted by Gasteiger charge is -2.07. The lowest BCUT2D eigenvalue weighted by Crippen LogP contribution is -2.07. The van der Waals surface area contributed by atoms with Crippen molar-refractivity contribution in [3.63, 3.8) is 0 Å². The highest BCUT2D eigenvalue weighted by Gasteiger charge is 2.09. The summed E-state index contributed by atoms with van der Waals surface area (Å²) in [6, 6.07) is 0. The third-order valence-electron chi connectivity index (χ3n) is 1.76. The highest BCUT2D eigenvalue weighted by atomic mass is 32.2. The number of thioether (sulfide) groups is 1. The topological polar surface area (TPSA) is 68.0 Å². The maximum atomic E-state index is 10.4. The van der Waals surface area contributed by atoms with Crippen molar-refractivity contribution in [1.82, 2.24) is 14.8 Å². The second-order valence-electron chi connectivity index (χ2n) is 3.08. The highest BCUT2D eigenvalue weighted by molar-refractivity contribution is 7.99. The molecule has 1 atom stereocenters. The van der Waals surface area contributed by atoms with E-state index in [1.807, 2.05) is 18.5 Å². The van der Waals surface area contributed by atoms with E-state index >= 15 is 0 Å². The van der Waals surface area contributed by atoms with Gasteiger partial charge in [0.25, 0.3) is 0 Å². The molecule has 0 aliphatic carbocycles. The summed E-state index contributed by atoms with van der Waals surface area (Å²) in [5.74, 6) is 0.806. The zero-order chi connectivity index (χ0) is 10.6. The Kier molecular flexibility index (Phi) is 3.94. The molecule has 1 N–H and O–H groups in total. The third kappa shape index (κ3) is 3.37. The maximum absolute atomic E-state index is 10.4. The maximum Gasteiger partial charge on any atom is 0.304 e. The fraction of sp³-hybridized carbons (Fsp3) is 0.625. The molecule has 0 radical (unpaired) electrons. The van der Waals surface area contributed by atoms with Gasteiger partial charge in [-0.2, -0.15) is 11.8 Å². The van der Waals surface area contributed by atoms with Crippen molar-refractivity contribution in [2.75, 3.05) is 0 Å². The number of nitrogens with zero attached hydrogens (tertiary/aromatic N) is 3. The molecule has 0 aromatic carbocycles. The van der Waals surface area contributed by atoms with Crippen LogP contribution in [-0.2, 0) is 17.6 Å². The third-order valence-corrected chi connectivity index (χ3v) is 2.92. The summed E-state index contributed by atoms with van der Waals surface area (Å²) in [6.45, 7) is 1.90. The van der Waals surface area contributed by atoms with Crippen LogP contribution < -0.4 is 0 Å². The molecule has 0 amide bonds. The number of aryl methyl sites for hydroxylation is 1. The predicted octanol–water partition coefficient (Wildman–Crippen LogP) is 0.911. The molecule has 5 nitrogen and oxygen atoms in total. The summed E-state index contributed by atoms with van der Waals surface area (Å²) in [7, 11) is 1.87. The molecular weight excluding hydrogens is 202 g/mol. The number of rotatable bonds is 5. The number of carboxylic acid groups (broad SMARTS) is 1. The highest BCUT2D eigenvalue weighted by Crippen LogP contribution is 2.18. The van der Waals surface area contributed by atoms with Crippen LogP contribution >= 0.6 is 11.8 Å². The van der Waals surface area contributed by atoms with Crippen LogP contribution in [0, 0.1) is 0 Å². The molecule has 1 unspecified atom stereocenters. The molecule has 78 valence electrons. The molecule has 1 rings (SSSR count). The van der Waals surface area contributed by atoms with Crippen LogP contribution in [0.25, 0.3) is 0 Å². The standard InChI is InChI=1S/C8H13N3O2S/c1-6(3-8(12)13)14-4-7-10-9-5-11(7)2/h5-6H,3-4H2,1-2H3,(H,12,13). The molecule has 0 aliphatic heterocycles. The summed E-state index contributed by atoms with van der Waals surface area (Å²) in [4.78, 5) is 10.4. The first-order valence-electron chi connectivity index (χ1n) is 4.26. The molecule has 0 bridgehead atoms. The number of aliphatic carboxylic acids is 1. The van der Waals surface area contributed by atoms with Crippen LogP contribution in [0.1, 0.15) is 19.2 Å². The van der Waals surface area contributed by atoms with Gasteiger partial charge in [-0.25, -0.2) is 0 Å². The van der Waals surface area contributed by atoms with Crippen LogP contribution in [0.3, 0.4) is 0 Å². The van der Waals surface area contributed by atoms with Crippen molar-refractivity contribution in [3.05, 3.63) is 12.2 Å². The molecule has 0 aliphatic rings. The lowest BCUT2D eigenvalue weighted by molar-refractivity contribution is -0.136. The summed E-state index contributed by atoms with van der Waals surface area (Å²) in [5, 5.41) is 16.3. The number of hydrogen-bond acceptors (Lipinski definition) is 4. The Labute approximate surface area is 86.5 Å². The molecule has 14 heavy (non-hydrogen) atoms. The van der Waals surface area contributed by atoms with Gasteiger partial charge in [0.15, 0.2) is 0 Å². The average molecular weight is 215 g/mol. The van der Waals surface area contributed by atoms with Gasteiger partial charge >= 0.3 is 5.97 Å². The van der Waals surface area contributed by atoms with E-state index in [1.165, 1.54) is 0 Å². The van der Waals surface area contributed by atoms with Crippen molar-refractivity contribution in [2.45, 2.75) is 24.3 Å². The summed E-state index contributed by atoms with van der Waals surface area (Å²) < 4.78 is 1.83. The Bertz CT molecular complexity index is 313. The smallest absolute Gasteiger partial charge is 0.304 e. The molecule has 1 aromatic rings. The van der Waals surface area contributed by atoms with Crippen molar-refractivity contribution in [3.8, 4) is 0 Å². The Hall–Kier alpha value is -1.04. The molecule has 0 saturated carbocycles. The van der Waals surface area contributed by atoms with Gasteiger partial charge in [0, 0.05) is 12.3 Å². The normalized spacial score (nSPS) is 12.7. The van der Waals surface area contributed by atoms with E-state index in [0.717, 1.165) is 5.82 Å². The second kappa shape index (κ2) is 4.99. The molecule has 1 heterocycles. The Morgan fingerprint density at radius 2 is 2.50 bits per heavy atom. The van der Waals surface area contributed by atoms with Crippen LogP contribution in [0.5, 0.6) is 0 Å². The molecule has 1 aromatic heterocycles. The molecule has 0 saturated heterocycles. The molecular formula is C8H13N3O2S. The molecule has 6 heteroatoms. The SMILES string of the molecule is CC(CC(=O)O)SCc1nncn1C. The predicted molar refractivity (Wildman–Crippen MR) is 54.0 cm³/mol. The van der Waals surface area contributed by atoms with Gasteiger partial charge in [-0.1, -0.05) is 6.92 Å². The lowest BCUT2D eigenvalue weighted by atomic mass is 10.3. The largest absolute Gasteiger partial charge is 0.481 e. The van der Waals surface area contributed by atoms with E-state index in [1.54, 1.807) is 18.1 Å². The van der Waals surface area contributed by atoms with Crippen LogP contribution in [0.2, 0.25) is 0 Å². The van der Waals surface area contributed by atoms with Crippen LogP contribution in [0.4, 0.5) is 0 Å². The van der Waals surface area contributed by atoms with Gasteiger partial charge in [-0.05, 0) is 0 Å². The number of aromatic nitrogens is 3. The Balaban J connectivity index is 2.34. The van der Waals surface area contributed by atoms with E-state index < -0.39 is 5.97 Å². The summed E-state index contributed by atoms with van der Waals surface area (Å²) in [6.07, 6.45) is 1.82. The minimum atomic E-state index is -0.761. The first kappa shape index (κ1) is 11.0. The summed E-state index contributed by atoms with van der Waals surface area (Å²) in [5.41, 5.74) is 0. The number of carboxylic acids is 1. The molecule has 0 spiro atoms. The van der Waals surface area contributed by atoms with Gasteiger partial charge in [0.05, 0.1) is 12.2 Å². The van der Waals surface area contributed by atoms with Crippen molar-refractivity contribution >= 4 is 17.7 Å². The minimum absolute atomic E-state index is 0.101. The first-order chi connectivity index (χ1) is 6.59. The van der Waals surface area contributed by atoms with Gasteiger partial charge in [-0.3, -0.25) is 4.79 Å². The van der Waals surface area contributed by atoms with E-state index in [0.29, 0.717) is 5.75 Å². The monoisotopic (exact) mass is 215 g/mol. The first-order valence-corrected chi connectivity index (χ1v) is 5.30. The Morgan fingerprint density at radius 3 is 3.00 bits per heavy atom. The van der Waals surface area contributed by atoms with Crippen molar-refractivity contribution in [1.29, 1.82) is 0 Å². The van der Waals surface area contributed by atoms with Gasteiger partial charge in [0.2, 0.25) is 0 Å². The van der Waals surface area contributed by atoms with E-state index in [-0.39, 0.29) is 11.7 Å². The zero-order valence-corrected chi connectivity index (χ0v) is 8.99. The van der Waals surface area contributed by atoms with E-state index in [2.05, 4.69) is 10.2 Å². The quantitative estimate of drug-likeness (QED) is 0.790. The van der Waals surface area contributed by atoms with Gasteiger partial charge < -0.3 is 9.67 Å². The number of carbonyl (C=O) groups is 1. The fourth-order valence-corrected chi connectivity index (χ4v) is 1.91. The molecule has 0 fully saturated rings. The van der Waals surface area contributed by atoms with E-state index in [9.17, 15) is 4.79 Å². The average Bonchev–Trinajstić information content (AvgIpc) is 2.46. The van der Waals surface area contributed by atoms with Crippen molar-refractivity contribution in [2.24, 2.45) is 7.05 Å². The fourth-order valence-electron chi connectivity index (χ4n) is 0.959. The van der Waals surface area contributed by atoms with Gasteiger partial charge in [0.1, 0.15) is 12.2 Å². The Morgan fingerprint density at radius 1 is 1.79 bits per heavy atom.